The van der Waals surface area contributed by atoms with Gasteiger partial charge in [0.1, 0.15) is 16.8 Å². The van der Waals surface area contributed by atoms with E-state index >= 15 is 0 Å². The summed E-state index contributed by atoms with van der Waals surface area (Å²) in [6.45, 7) is 2.56. The number of rotatable bonds is 4. The summed E-state index contributed by atoms with van der Waals surface area (Å²) in [5.74, 6) is 0.957. The molecule has 0 fully saturated rings. The lowest BCUT2D eigenvalue weighted by atomic mass is 10.1. The fourth-order valence-electron chi connectivity index (χ4n) is 2.37. The maximum absolute atomic E-state index is 11.8. The molecule has 4 N–H and O–H groups in total. The van der Waals surface area contributed by atoms with Crippen molar-refractivity contribution in [1.29, 1.82) is 0 Å². The molecule has 6 nitrogen and oxygen atoms in total. The van der Waals surface area contributed by atoms with Gasteiger partial charge in [-0.25, -0.2) is 4.98 Å². The first kappa shape index (κ1) is 13.2. The van der Waals surface area contributed by atoms with Crippen LogP contribution in [0.4, 0.5) is 5.95 Å². The van der Waals surface area contributed by atoms with Gasteiger partial charge in [-0.15, -0.1) is 0 Å². The van der Waals surface area contributed by atoms with E-state index in [-0.39, 0.29) is 11.5 Å². The average molecular weight is 284 g/mol. The summed E-state index contributed by atoms with van der Waals surface area (Å²) in [6.07, 6.45) is 2.40. The van der Waals surface area contributed by atoms with Crippen LogP contribution < -0.4 is 16.0 Å². The number of ether oxygens (including phenoxy) is 1. The van der Waals surface area contributed by atoms with E-state index in [1.54, 1.807) is 6.20 Å². The number of nitrogens with zero attached hydrogens (tertiary/aromatic N) is 1. The Balaban J connectivity index is 2.05. The predicted molar refractivity (Wildman–Crippen MR) is 81.5 cm³/mol. The van der Waals surface area contributed by atoms with Crippen LogP contribution in [-0.4, -0.2) is 21.6 Å². The first-order valence-corrected chi connectivity index (χ1v) is 6.75. The Kier molecular flexibility index (Phi) is 3.35. The molecule has 0 spiro atoms. The largest absolute Gasteiger partial charge is 0.494 e. The van der Waals surface area contributed by atoms with Gasteiger partial charge in [0.25, 0.3) is 5.56 Å². The van der Waals surface area contributed by atoms with Crippen molar-refractivity contribution in [2.45, 2.75) is 13.3 Å². The summed E-state index contributed by atoms with van der Waals surface area (Å²) in [7, 11) is 0. The molecule has 108 valence electrons. The maximum atomic E-state index is 11.8. The second kappa shape index (κ2) is 5.32. The summed E-state index contributed by atoms with van der Waals surface area (Å²) in [4.78, 5) is 21.5. The third kappa shape index (κ3) is 2.47. The molecule has 3 rings (SSSR count). The highest BCUT2D eigenvalue weighted by Crippen LogP contribution is 2.24. The number of nitrogens with one attached hydrogen (secondary N) is 2. The molecular weight excluding hydrogens is 268 g/mol. The van der Waals surface area contributed by atoms with Crippen LogP contribution >= 0.6 is 0 Å². The normalized spacial score (nSPS) is 10.9. The van der Waals surface area contributed by atoms with Crippen molar-refractivity contribution in [2.75, 3.05) is 12.3 Å². The molecule has 2 heterocycles. The molecule has 0 atom stereocenters. The number of anilines is 1. The van der Waals surface area contributed by atoms with Crippen molar-refractivity contribution >= 4 is 17.0 Å². The monoisotopic (exact) mass is 284 g/mol. The van der Waals surface area contributed by atoms with Crippen LogP contribution in [0.15, 0.2) is 35.3 Å². The van der Waals surface area contributed by atoms with E-state index in [0.717, 1.165) is 16.9 Å². The van der Waals surface area contributed by atoms with Crippen molar-refractivity contribution in [3.05, 3.63) is 51.9 Å². The van der Waals surface area contributed by atoms with Gasteiger partial charge in [-0.2, -0.15) is 0 Å². The SMILES string of the molecule is CCOc1ccccc1Cc1c[nH]c2c(=O)[nH]c(N)nc12. The summed E-state index contributed by atoms with van der Waals surface area (Å²) in [5, 5.41) is 0. The van der Waals surface area contributed by atoms with E-state index in [1.165, 1.54) is 0 Å². The quantitative estimate of drug-likeness (QED) is 0.680. The predicted octanol–water partition coefficient (Wildman–Crippen LogP) is 1.82. The van der Waals surface area contributed by atoms with Gasteiger partial charge in [0.15, 0.2) is 0 Å². The van der Waals surface area contributed by atoms with Gasteiger partial charge in [0, 0.05) is 18.2 Å². The van der Waals surface area contributed by atoms with Crippen LogP contribution in [0.2, 0.25) is 0 Å². The van der Waals surface area contributed by atoms with Gasteiger partial charge in [-0.05, 0) is 18.6 Å². The third-order valence-corrected chi connectivity index (χ3v) is 3.29. The number of nitrogens with two attached hydrogens (primary N) is 1. The van der Waals surface area contributed by atoms with Gasteiger partial charge in [-0.3, -0.25) is 9.78 Å². The zero-order valence-corrected chi connectivity index (χ0v) is 11.6. The number of nitrogen functional groups attached to an aromatic ring is 1. The number of hydrogen-bond donors (Lipinski definition) is 3. The van der Waals surface area contributed by atoms with Crippen LogP contribution in [0.25, 0.3) is 11.0 Å². The Morgan fingerprint density at radius 1 is 1.29 bits per heavy atom. The molecule has 0 saturated heterocycles. The van der Waals surface area contributed by atoms with Crippen LogP contribution in [0.1, 0.15) is 18.1 Å². The highest BCUT2D eigenvalue weighted by molar-refractivity contribution is 5.79. The molecule has 21 heavy (non-hydrogen) atoms. The van der Waals surface area contributed by atoms with Crippen molar-refractivity contribution in [3.8, 4) is 5.75 Å². The number of para-hydroxylation sites is 1. The number of hydrogen-bond acceptors (Lipinski definition) is 4. The van der Waals surface area contributed by atoms with Gasteiger partial charge in [0.2, 0.25) is 5.95 Å². The molecule has 0 amide bonds. The molecule has 0 aliphatic heterocycles. The van der Waals surface area contributed by atoms with E-state index in [1.807, 2.05) is 31.2 Å². The Morgan fingerprint density at radius 2 is 2.10 bits per heavy atom. The fraction of sp³-hybridized carbons (Fsp3) is 0.200. The van der Waals surface area contributed by atoms with E-state index < -0.39 is 0 Å². The van der Waals surface area contributed by atoms with Crippen molar-refractivity contribution < 1.29 is 4.74 Å². The standard InChI is InChI=1S/C15H16N4O2/c1-2-21-11-6-4-3-5-9(11)7-10-8-17-13-12(10)18-15(16)19-14(13)20/h3-6,8,17H,2,7H2,1H3,(H3,16,18,19,20). The zero-order chi connectivity index (χ0) is 14.8. The van der Waals surface area contributed by atoms with Gasteiger partial charge in [-0.1, -0.05) is 18.2 Å². The van der Waals surface area contributed by atoms with E-state index in [0.29, 0.717) is 24.1 Å². The highest BCUT2D eigenvalue weighted by Gasteiger charge is 2.12. The summed E-state index contributed by atoms with van der Waals surface area (Å²) < 4.78 is 5.62. The van der Waals surface area contributed by atoms with Crippen molar-refractivity contribution in [3.63, 3.8) is 0 Å². The van der Waals surface area contributed by atoms with Crippen molar-refractivity contribution in [1.82, 2.24) is 15.0 Å². The molecule has 0 radical (unpaired) electrons. The van der Waals surface area contributed by atoms with Crippen LogP contribution in [-0.2, 0) is 6.42 Å². The third-order valence-electron chi connectivity index (χ3n) is 3.29. The average Bonchev–Trinajstić information content (AvgIpc) is 2.85. The molecule has 1 aromatic carbocycles. The summed E-state index contributed by atoms with van der Waals surface area (Å²) in [6, 6.07) is 7.83. The lowest BCUT2D eigenvalue weighted by molar-refractivity contribution is 0.337. The fourth-order valence-corrected chi connectivity index (χ4v) is 2.37. The topological polar surface area (TPSA) is 96.8 Å². The molecule has 0 aliphatic rings. The smallest absolute Gasteiger partial charge is 0.276 e. The van der Waals surface area contributed by atoms with Gasteiger partial charge in [0.05, 0.1) is 6.61 Å². The number of H-pyrrole nitrogens is 2. The Labute approximate surface area is 121 Å². The number of aromatic nitrogens is 3. The molecule has 0 bridgehead atoms. The van der Waals surface area contributed by atoms with E-state index in [2.05, 4.69) is 15.0 Å². The molecule has 6 heteroatoms. The van der Waals surface area contributed by atoms with Crippen molar-refractivity contribution in [2.24, 2.45) is 0 Å². The summed E-state index contributed by atoms with van der Waals surface area (Å²) in [5.41, 5.74) is 8.35. The minimum absolute atomic E-state index is 0.117. The van der Waals surface area contributed by atoms with Crippen LogP contribution in [0, 0.1) is 0 Å². The summed E-state index contributed by atoms with van der Waals surface area (Å²) >= 11 is 0. The van der Waals surface area contributed by atoms with E-state index in [9.17, 15) is 4.79 Å². The number of aromatic amines is 2. The van der Waals surface area contributed by atoms with E-state index in [4.69, 9.17) is 10.5 Å². The number of fused-ring (bicyclic) bond motifs is 1. The minimum atomic E-state index is -0.262. The molecule has 0 aliphatic carbocycles. The Bertz CT molecular complexity index is 835. The lowest BCUT2D eigenvalue weighted by Crippen LogP contribution is -2.11. The van der Waals surface area contributed by atoms with Gasteiger partial charge < -0.3 is 15.5 Å². The molecular formula is C15H16N4O2. The molecule has 3 aromatic rings. The van der Waals surface area contributed by atoms with Crippen LogP contribution in [0.5, 0.6) is 5.75 Å². The van der Waals surface area contributed by atoms with Crippen LogP contribution in [0.3, 0.4) is 0 Å². The van der Waals surface area contributed by atoms with Gasteiger partial charge >= 0.3 is 0 Å². The molecule has 0 unspecified atom stereocenters. The second-order valence-electron chi connectivity index (χ2n) is 4.71. The maximum Gasteiger partial charge on any atom is 0.276 e. The highest BCUT2D eigenvalue weighted by atomic mass is 16.5. The second-order valence-corrected chi connectivity index (χ2v) is 4.71. The first-order chi connectivity index (χ1) is 10.2. The lowest BCUT2D eigenvalue weighted by Gasteiger charge is -2.09. The minimum Gasteiger partial charge on any atom is -0.494 e. The number of benzene rings is 1. The Morgan fingerprint density at radius 3 is 2.90 bits per heavy atom. The molecule has 0 saturated carbocycles. The first-order valence-electron chi connectivity index (χ1n) is 6.75. The molecule has 2 aromatic heterocycles. The zero-order valence-electron chi connectivity index (χ0n) is 11.6. The Hall–Kier alpha value is -2.76.